The summed E-state index contributed by atoms with van der Waals surface area (Å²) in [6.45, 7) is 2.35. The first-order valence-corrected chi connectivity index (χ1v) is 6.37. The number of hydrogen-bond acceptors (Lipinski definition) is 3. The molecule has 0 aliphatic carbocycles. The zero-order valence-electron chi connectivity index (χ0n) is 10.3. The van der Waals surface area contributed by atoms with Gasteiger partial charge in [-0.05, 0) is 35.0 Å². The summed E-state index contributed by atoms with van der Waals surface area (Å²) in [6, 6.07) is 11.5. The summed E-state index contributed by atoms with van der Waals surface area (Å²) < 4.78 is 11.9. The highest BCUT2D eigenvalue weighted by atomic mass is 79.9. The lowest BCUT2D eigenvalue weighted by molar-refractivity contribution is 0.298. The van der Waals surface area contributed by atoms with Gasteiger partial charge in [-0.3, -0.25) is 4.98 Å². The Balaban J connectivity index is 2.11. The van der Waals surface area contributed by atoms with Crippen molar-refractivity contribution in [1.29, 1.82) is 0 Å². The second-order valence-corrected chi connectivity index (χ2v) is 4.71. The lowest BCUT2D eigenvalue weighted by Gasteiger charge is -2.09. The zero-order chi connectivity index (χ0) is 13.0. The minimum absolute atomic E-state index is 0.417. The molecule has 0 saturated carbocycles. The number of methoxy groups -OCH3 is 1. The van der Waals surface area contributed by atoms with Gasteiger partial charge in [0.1, 0.15) is 18.1 Å². The lowest BCUT2D eigenvalue weighted by atomic mass is 10.3. The van der Waals surface area contributed by atoms with E-state index in [1.807, 2.05) is 43.3 Å². The van der Waals surface area contributed by atoms with Crippen molar-refractivity contribution in [2.45, 2.75) is 13.5 Å². The first-order chi connectivity index (χ1) is 8.69. The Kier molecular flexibility index (Phi) is 4.20. The molecule has 0 spiro atoms. The molecule has 0 aliphatic heterocycles. The predicted octanol–water partition coefficient (Wildman–Crippen LogP) is 3.74. The van der Waals surface area contributed by atoms with Gasteiger partial charge >= 0.3 is 0 Å². The fourth-order valence-corrected chi connectivity index (χ4v) is 2.01. The van der Waals surface area contributed by atoms with Crippen molar-refractivity contribution >= 4 is 15.9 Å². The molecule has 0 bridgehead atoms. The molecule has 1 heterocycles. The molecule has 2 rings (SSSR count). The van der Waals surface area contributed by atoms with Crippen LogP contribution in [0.5, 0.6) is 11.5 Å². The van der Waals surface area contributed by atoms with Crippen molar-refractivity contribution in [3.8, 4) is 11.5 Å². The number of aryl methyl sites for hydroxylation is 1. The number of ether oxygens (including phenoxy) is 2. The Morgan fingerprint density at radius 3 is 2.72 bits per heavy atom. The van der Waals surface area contributed by atoms with E-state index in [1.165, 1.54) is 0 Å². The Bertz CT molecular complexity index is 543. The third kappa shape index (κ3) is 3.23. The van der Waals surface area contributed by atoms with Crippen molar-refractivity contribution in [3.63, 3.8) is 0 Å². The minimum Gasteiger partial charge on any atom is -0.497 e. The molecule has 94 valence electrons. The number of pyridine rings is 1. The Morgan fingerprint density at radius 1 is 1.22 bits per heavy atom. The van der Waals surface area contributed by atoms with E-state index in [0.717, 1.165) is 27.4 Å². The van der Waals surface area contributed by atoms with E-state index in [1.54, 1.807) is 7.11 Å². The van der Waals surface area contributed by atoms with E-state index in [0.29, 0.717) is 6.61 Å². The highest BCUT2D eigenvalue weighted by molar-refractivity contribution is 9.10. The third-order valence-corrected chi connectivity index (χ3v) is 3.08. The van der Waals surface area contributed by atoms with Gasteiger partial charge in [0.2, 0.25) is 0 Å². The molecule has 0 saturated heterocycles. The summed E-state index contributed by atoms with van der Waals surface area (Å²) in [4.78, 5) is 4.41. The van der Waals surface area contributed by atoms with Gasteiger partial charge in [-0.25, -0.2) is 0 Å². The largest absolute Gasteiger partial charge is 0.497 e. The molecular weight excluding hydrogens is 294 g/mol. The van der Waals surface area contributed by atoms with E-state index in [-0.39, 0.29) is 0 Å². The van der Waals surface area contributed by atoms with Gasteiger partial charge in [0.05, 0.1) is 17.3 Å². The second kappa shape index (κ2) is 5.87. The average molecular weight is 308 g/mol. The van der Waals surface area contributed by atoms with Crippen LogP contribution in [0.25, 0.3) is 0 Å². The molecule has 1 aromatic carbocycles. The average Bonchev–Trinajstić information content (AvgIpc) is 2.37. The molecule has 0 atom stereocenters. The van der Waals surface area contributed by atoms with Gasteiger partial charge in [0, 0.05) is 17.8 Å². The maximum Gasteiger partial charge on any atom is 0.134 e. The molecule has 0 amide bonds. The van der Waals surface area contributed by atoms with Gasteiger partial charge in [0.25, 0.3) is 0 Å². The molecule has 4 heteroatoms. The van der Waals surface area contributed by atoms with Crippen molar-refractivity contribution in [2.75, 3.05) is 7.11 Å². The second-order valence-electron chi connectivity index (χ2n) is 3.86. The lowest BCUT2D eigenvalue weighted by Crippen LogP contribution is -2.00. The van der Waals surface area contributed by atoms with Crippen molar-refractivity contribution in [2.24, 2.45) is 0 Å². The predicted molar refractivity (Wildman–Crippen MR) is 74.0 cm³/mol. The quantitative estimate of drug-likeness (QED) is 0.862. The molecule has 3 nitrogen and oxygen atoms in total. The maximum absolute atomic E-state index is 5.71. The van der Waals surface area contributed by atoms with E-state index < -0.39 is 0 Å². The summed E-state index contributed by atoms with van der Waals surface area (Å²) in [5.41, 5.74) is 1.77. The van der Waals surface area contributed by atoms with Gasteiger partial charge in [-0.1, -0.05) is 12.1 Å². The van der Waals surface area contributed by atoms with Crippen LogP contribution >= 0.6 is 15.9 Å². The van der Waals surface area contributed by atoms with Crippen LogP contribution in [0, 0.1) is 6.92 Å². The van der Waals surface area contributed by atoms with Crippen LogP contribution in [-0.2, 0) is 6.61 Å². The van der Waals surface area contributed by atoms with Gasteiger partial charge < -0.3 is 9.47 Å². The van der Waals surface area contributed by atoms with Gasteiger partial charge in [-0.15, -0.1) is 0 Å². The minimum atomic E-state index is 0.417. The number of nitrogens with zero attached hydrogens (tertiary/aromatic N) is 1. The standard InChI is InChI=1S/C14H14BrNO2/c1-10-7-12(17-2)8-11(16-10)9-18-14-6-4-3-5-13(14)15/h3-8H,9H2,1-2H3. The number of aromatic nitrogens is 1. The first-order valence-electron chi connectivity index (χ1n) is 5.58. The summed E-state index contributed by atoms with van der Waals surface area (Å²) in [5.74, 6) is 1.60. The Hall–Kier alpha value is -1.55. The van der Waals surface area contributed by atoms with Crippen LogP contribution in [0.1, 0.15) is 11.4 Å². The van der Waals surface area contributed by atoms with Crippen LogP contribution in [-0.4, -0.2) is 12.1 Å². The van der Waals surface area contributed by atoms with E-state index in [9.17, 15) is 0 Å². The van der Waals surface area contributed by atoms with Crippen LogP contribution < -0.4 is 9.47 Å². The normalized spacial score (nSPS) is 10.2. The smallest absolute Gasteiger partial charge is 0.134 e. The number of halogens is 1. The topological polar surface area (TPSA) is 31.4 Å². The first kappa shape index (κ1) is 12.9. The third-order valence-electron chi connectivity index (χ3n) is 2.43. The molecule has 0 radical (unpaired) electrons. The zero-order valence-corrected chi connectivity index (χ0v) is 11.9. The van der Waals surface area contributed by atoms with E-state index >= 15 is 0 Å². The monoisotopic (exact) mass is 307 g/mol. The molecular formula is C14H14BrNO2. The van der Waals surface area contributed by atoms with Crippen LogP contribution in [0.15, 0.2) is 40.9 Å². The molecule has 0 fully saturated rings. The van der Waals surface area contributed by atoms with Crippen LogP contribution in [0.4, 0.5) is 0 Å². The van der Waals surface area contributed by atoms with Crippen molar-refractivity contribution in [3.05, 3.63) is 52.3 Å². The molecule has 18 heavy (non-hydrogen) atoms. The number of benzene rings is 1. The van der Waals surface area contributed by atoms with E-state index in [4.69, 9.17) is 9.47 Å². The Labute approximate surface area is 115 Å². The summed E-state index contributed by atoms with van der Waals surface area (Å²) in [5, 5.41) is 0. The summed E-state index contributed by atoms with van der Waals surface area (Å²) >= 11 is 3.44. The fraction of sp³-hybridized carbons (Fsp3) is 0.214. The highest BCUT2D eigenvalue weighted by Gasteiger charge is 2.03. The number of rotatable bonds is 4. The van der Waals surface area contributed by atoms with E-state index in [2.05, 4.69) is 20.9 Å². The molecule has 0 unspecified atom stereocenters. The maximum atomic E-state index is 5.71. The SMILES string of the molecule is COc1cc(C)nc(COc2ccccc2Br)c1. The van der Waals surface area contributed by atoms with Gasteiger partial charge in [-0.2, -0.15) is 0 Å². The van der Waals surface area contributed by atoms with Crippen LogP contribution in [0.2, 0.25) is 0 Å². The molecule has 1 aromatic heterocycles. The Morgan fingerprint density at radius 2 is 2.00 bits per heavy atom. The van der Waals surface area contributed by atoms with Crippen LogP contribution in [0.3, 0.4) is 0 Å². The molecule has 2 aromatic rings. The number of para-hydroxylation sites is 1. The molecule has 0 aliphatic rings. The van der Waals surface area contributed by atoms with Crippen molar-refractivity contribution < 1.29 is 9.47 Å². The summed E-state index contributed by atoms with van der Waals surface area (Å²) in [6.07, 6.45) is 0. The molecule has 0 N–H and O–H groups in total. The highest BCUT2D eigenvalue weighted by Crippen LogP contribution is 2.25. The fourth-order valence-electron chi connectivity index (χ4n) is 1.61. The summed E-state index contributed by atoms with van der Waals surface area (Å²) in [7, 11) is 1.65. The van der Waals surface area contributed by atoms with Crippen molar-refractivity contribution in [1.82, 2.24) is 4.98 Å². The number of hydrogen-bond donors (Lipinski definition) is 0. The van der Waals surface area contributed by atoms with Gasteiger partial charge in [0.15, 0.2) is 0 Å².